The minimum absolute atomic E-state index is 0.139. The molecule has 23 heavy (non-hydrogen) atoms. The summed E-state index contributed by atoms with van der Waals surface area (Å²) in [6.07, 6.45) is 5.28. The summed E-state index contributed by atoms with van der Waals surface area (Å²) in [5, 5.41) is 11.9. The highest BCUT2D eigenvalue weighted by Crippen LogP contribution is 2.45. The Bertz CT molecular complexity index is 893. The molecule has 0 aliphatic carbocycles. The molecular formula is C16H15N5OS. The molecule has 1 fully saturated rings. The second-order valence-corrected chi connectivity index (χ2v) is 7.06. The van der Waals surface area contributed by atoms with Gasteiger partial charge >= 0.3 is 0 Å². The lowest BCUT2D eigenvalue weighted by Crippen LogP contribution is -2.44. The Morgan fingerprint density at radius 3 is 2.96 bits per heavy atom. The van der Waals surface area contributed by atoms with Crippen LogP contribution in [0.2, 0.25) is 0 Å². The molecule has 1 aromatic carbocycles. The van der Waals surface area contributed by atoms with E-state index in [1.807, 2.05) is 18.3 Å². The normalized spacial score (nSPS) is 19.2. The second kappa shape index (κ2) is 4.62. The first-order chi connectivity index (χ1) is 11.3. The third kappa shape index (κ3) is 1.80. The maximum absolute atomic E-state index is 12.6. The number of aromatic nitrogens is 3. The minimum atomic E-state index is -0.381. The number of fused-ring (bicyclic) bond motifs is 3. The zero-order chi connectivity index (χ0) is 15.4. The van der Waals surface area contributed by atoms with Crippen LogP contribution in [0, 0.1) is 0 Å². The standard InChI is InChI=1S/C16H15N5OS/c22-14-16(3-5-17-6-4-16)11-9-10(1-2-12(11)19-14)13-20-21-8-7-18-15(21)23-13/h1-2,7-9,17H,3-6H2,(H,19,22). The number of imidazole rings is 1. The molecule has 1 spiro atoms. The van der Waals surface area contributed by atoms with Gasteiger partial charge < -0.3 is 10.6 Å². The molecule has 2 aromatic heterocycles. The number of amides is 1. The van der Waals surface area contributed by atoms with Crippen LogP contribution in [0.4, 0.5) is 5.69 Å². The van der Waals surface area contributed by atoms with Crippen molar-refractivity contribution in [1.29, 1.82) is 0 Å². The zero-order valence-corrected chi connectivity index (χ0v) is 13.2. The molecule has 1 amide bonds. The van der Waals surface area contributed by atoms with Crippen molar-refractivity contribution < 1.29 is 4.79 Å². The third-order valence-electron chi connectivity index (χ3n) is 4.90. The second-order valence-electron chi connectivity index (χ2n) is 6.11. The first kappa shape index (κ1) is 13.2. The third-order valence-corrected chi connectivity index (χ3v) is 5.88. The van der Waals surface area contributed by atoms with E-state index in [4.69, 9.17) is 0 Å². The summed E-state index contributed by atoms with van der Waals surface area (Å²) in [4.78, 5) is 17.7. The fraction of sp³-hybridized carbons (Fsp3) is 0.312. The molecule has 6 nitrogen and oxygen atoms in total. The van der Waals surface area contributed by atoms with Crippen LogP contribution in [0.5, 0.6) is 0 Å². The number of carbonyl (C=O) groups is 1. The molecule has 3 aromatic rings. The van der Waals surface area contributed by atoms with E-state index in [2.05, 4.69) is 26.8 Å². The highest BCUT2D eigenvalue weighted by atomic mass is 32.1. The molecular weight excluding hydrogens is 310 g/mol. The van der Waals surface area contributed by atoms with Crippen LogP contribution in [0.15, 0.2) is 30.6 Å². The van der Waals surface area contributed by atoms with Crippen LogP contribution in [-0.2, 0) is 10.2 Å². The molecule has 2 aliphatic heterocycles. The average Bonchev–Trinajstić information content (AvgIpc) is 3.23. The number of nitrogens with one attached hydrogen (secondary N) is 2. The summed E-state index contributed by atoms with van der Waals surface area (Å²) in [5.74, 6) is 0.139. The van der Waals surface area contributed by atoms with Crippen molar-refractivity contribution in [2.75, 3.05) is 18.4 Å². The van der Waals surface area contributed by atoms with E-state index >= 15 is 0 Å². The summed E-state index contributed by atoms with van der Waals surface area (Å²) in [6, 6.07) is 6.16. The predicted octanol–water partition coefficient (Wildman–Crippen LogP) is 2.03. The Morgan fingerprint density at radius 2 is 2.13 bits per heavy atom. The first-order valence-corrected chi connectivity index (χ1v) is 8.55. The van der Waals surface area contributed by atoms with Crippen LogP contribution in [0.3, 0.4) is 0 Å². The van der Waals surface area contributed by atoms with E-state index < -0.39 is 0 Å². The summed E-state index contributed by atoms with van der Waals surface area (Å²) < 4.78 is 1.79. The molecule has 7 heteroatoms. The Hall–Kier alpha value is -2.25. The van der Waals surface area contributed by atoms with E-state index in [1.165, 1.54) is 0 Å². The van der Waals surface area contributed by atoms with E-state index in [0.29, 0.717) is 0 Å². The Morgan fingerprint density at radius 1 is 1.26 bits per heavy atom. The lowest BCUT2D eigenvalue weighted by molar-refractivity contribution is -0.121. The van der Waals surface area contributed by atoms with Gasteiger partial charge in [0.2, 0.25) is 10.9 Å². The first-order valence-electron chi connectivity index (χ1n) is 7.74. The minimum Gasteiger partial charge on any atom is -0.325 e. The number of benzene rings is 1. The van der Waals surface area contributed by atoms with E-state index in [1.54, 1.807) is 22.0 Å². The van der Waals surface area contributed by atoms with Crippen LogP contribution in [-0.4, -0.2) is 33.6 Å². The van der Waals surface area contributed by atoms with Crippen molar-refractivity contribution in [3.05, 3.63) is 36.2 Å². The van der Waals surface area contributed by atoms with Gasteiger partial charge in [-0.25, -0.2) is 9.50 Å². The smallest absolute Gasteiger partial charge is 0.235 e. The number of carbonyl (C=O) groups excluding carboxylic acids is 1. The van der Waals surface area contributed by atoms with Gasteiger partial charge in [0.15, 0.2) is 0 Å². The van der Waals surface area contributed by atoms with Gasteiger partial charge in [-0.3, -0.25) is 4.79 Å². The molecule has 116 valence electrons. The fourth-order valence-electron chi connectivity index (χ4n) is 3.65. The number of rotatable bonds is 1. The lowest BCUT2D eigenvalue weighted by atomic mass is 9.74. The Labute approximate surface area is 136 Å². The van der Waals surface area contributed by atoms with Crippen molar-refractivity contribution in [3.63, 3.8) is 0 Å². The molecule has 2 aliphatic rings. The van der Waals surface area contributed by atoms with Gasteiger partial charge in [-0.2, -0.15) is 5.10 Å². The highest BCUT2D eigenvalue weighted by molar-refractivity contribution is 7.19. The molecule has 0 unspecified atom stereocenters. The number of hydrogen-bond donors (Lipinski definition) is 2. The van der Waals surface area contributed by atoms with Crippen LogP contribution in [0.1, 0.15) is 18.4 Å². The maximum atomic E-state index is 12.6. The van der Waals surface area contributed by atoms with Gasteiger partial charge in [0, 0.05) is 17.4 Å². The van der Waals surface area contributed by atoms with Gasteiger partial charge in [0.05, 0.1) is 11.6 Å². The molecule has 0 atom stereocenters. The molecule has 4 heterocycles. The Kier molecular flexibility index (Phi) is 2.66. The van der Waals surface area contributed by atoms with Gasteiger partial charge in [-0.15, -0.1) is 0 Å². The number of nitrogens with zero attached hydrogens (tertiary/aromatic N) is 3. The number of piperidine rings is 1. The molecule has 0 saturated carbocycles. The highest BCUT2D eigenvalue weighted by Gasteiger charge is 2.47. The van der Waals surface area contributed by atoms with Gasteiger partial charge in [0.1, 0.15) is 5.01 Å². The van der Waals surface area contributed by atoms with Gasteiger partial charge in [0.25, 0.3) is 0 Å². The largest absolute Gasteiger partial charge is 0.325 e. The topological polar surface area (TPSA) is 71.3 Å². The fourth-order valence-corrected chi connectivity index (χ4v) is 4.51. The summed E-state index contributed by atoms with van der Waals surface area (Å²) in [6.45, 7) is 1.75. The quantitative estimate of drug-likeness (QED) is 0.718. The van der Waals surface area contributed by atoms with E-state index in [-0.39, 0.29) is 11.3 Å². The van der Waals surface area contributed by atoms with Gasteiger partial charge in [-0.05, 0) is 49.7 Å². The number of anilines is 1. The van der Waals surface area contributed by atoms with Gasteiger partial charge in [-0.1, -0.05) is 11.3 Å². The Balaban J connectivity index is 1.64. The van der Waals surface area contributed by atoms with Crippen molar-refractivity contribution in [1.82, 2.24) is 19.9 Å². The summed E-state index contributed by atoms with van der Waals surface area (Å²) in [5.41, 5.74) is 2.73. The summed E-state index contributed by atoms with van der Waals surface area (Å²) in [7, 11) is 0. The predicted molar refractivity (Wildman–Crippen MR) is 88.7 cm³/mol. The van der Waals surface area contributed by atoms with Crippen LogP contribution in [0.25, 0.3) is 15.5 Å². The average molecular weight is 325 g/mol. The van der Waals surface area contributed by atoms with E-state index in [9.17, 15) is 4.79 Å². The molecule has 0 radical (unpaired) electrons. The molecule has 1 saturated heterocycles. The molecule has 5 rings (SSSR count). The SMILES string of the molecule is O=C1Nc2ccc(-c3nn4ccnc4s3)cc2C12CCNCC2. The van der Waals surface area contributed by atoms with Crippen LogP contribution >= 0.6 is 11.3 Å². The molecule has 2 N–H and O–H groups in total. The lowest BCUT2D eigenvalue weighted by Gasteiger charge is -2.32. The van der Waals surface area contributed by atoms with Crippen LogP contribution < -0.4 is 10.6 Å². The van der Waals surface area contributed by atoms with Crippen molar-refractivity contribution in [2.24, 2.45) is 0 Å². The maximum Gasteiger partial charge on any atom is 0.235 e. The van der Waals surface area contributed by atoms with Crippen molar-refractivity contribution in [3.8, 4) is 10.6 Å². The van der Waals surface area contributed by atoms with Crippen molar-refractivity contribution >= 4 is 27.9 Å². The number of hydrogen-bond acceptors (Lipinski definition) is 5. The van der Waals surface area contributed by atoms with Crippen molar-refractivity contribution in [2.45, 2.75) is 18.3 Å². The zero-order valence-electron chi connectivity index (χ0n) is 12.4. The summed E-state index contributed by atoms with van der Waals surface area (Å²) >= 11 is 1.56. The van der Waals surface area contributed by atoms with E-state index in [0.717, 1.165) is 52.7 Å². The monoisotopic (exact) mass is 325 g/mol. The molecule has 0 bridgehead atoms.